The molecule has 0 radical (unpaired) electrons. The molecule has 16 heavy (non-hydrogen) atoms. The first kappa shape index (κ1) is 14.5. The molecule has 1 N–H and O–H groups in total. The van der Waals surface area contributed by atoms with Crippen LogP contribution in [0.1, 0.15) is 45.4 Å². The molecule has 0 aromatic rings. The summed E-state index contributed by atoms with van der Waals surface area (Å²) in [5.74, 6) is 0.736. The number of halogens is 1. The van der Waals surface area contributed by atoms with Crippen molar-refractivity contribution in [3.8, 4) is 0 Å². The minimum atomic E-state index is -3.06. The average molecular weight is 312 g/mol. The van der Waals surface area contributed by atoms with Gasteiger partial charge in [-0.25, -0.2) is 13.1 Å². The van der Waals surface area contributed by atoms with E-state index in [1.165, 1.54) is 6.42 Å². The maximum absolute atomic E-state index is 11.8. The first-order valence-electron chi connectivity index (χ1n) is 6.15. The zero-order valence-corrected chi connectivity index (χ0v) is 12.3. The van der Waals surface area contributed by atoms with E-state index in [0.29, 0.717) is 5.92 Å². The van der Waals surface area contributed by atoms with E-state index in [2.05, 4.69) is 20.7 Å². The zero-order valence-electron chi connectivity index (χ0n) is 9.91. The van der Waals surface area contributed by atoms with Crippen molar-refractivity contribution < 1.29 is 8.42 Å². The monoisotopic (exact) mass is 311 g/mol. The van der Waals surface area contributed by atoms with Crippen LogP contribution in [-0.4, -0.2) is 25.5 Å². The Kier molecular flexibility index (Phi) is 6.29. The second-order valence-electron chi connectivity index (χ2n) is 4.60. The van der Waals surface area contributed by atoms with Gasteiger partial charge in [0, 0.05) is 11.4 Å². The molecule has 2 atom stereocenters. The van der Waals surface area contributed by atoms with Gasteiger partial charge in [0.15, 0.2) is 0 Å². The summed E-state index contributed by atoms with van der Waals surface area (Å²) < 4.78 is 26.5. The van der Waals surface area contributed by atoms with Gasteiger partial charge in [-0.15, -0.1) is 0 Å². The number of rotatable bonds is 6. The van der Waals surface area contributed by atoms with E-state index < -0.39 is 10.0 Å². The fourth-order valence-electron chi connectivity index (χ4n) is 2.17. The lowest BCUT2D eigenvalue weighted by atomic mass is 9.87. The van der Waals surface area contributed by atoms with Gasteiger partial charge in [-0.05, 0) is 25.2 Å². The Morgan fingerprint density at radius 2 is 2.00 bits per heavy atom. The van der Waals surface area contributed by atoms with E-state index in [4.69, 9.17) is 0 Å². The molecular weight excluding hydrogens is 290 g/mol. The first-order valence-corrected chi connectivity index (χ1v) is 8.92. The van der Waals surface area contributed by atoms with Crippen LogP contribution in [0, 0.1) is 5.92 Å². The molecule has 1 aliphatic rings. The first-order chi connectivity index (χ1) is 7.59. The average Bonchev–Trinajstić information content (AvgIpc) is 2.27. The summed E-state index contributed by atoms with van der Waals surface area (Å²) >= 11 is 3.48. The summed E-state index contributed by atoms with van der Waals surface area (Å²) in [4.78, 5) is 0. The maximum Gasteiger partial charge on any atom is 0.211 e. The van der Waals surface area contributed by atoms with Crippen LogP contribution in [0.3, 0.4) is 0 Å². The largest absolute Gasteiger partial charge is 0.212 e. The van der Waals surface area contributed by atoms with Crippen LogP contribution < -0.4 is 4.72 Å². The SMILES string of the molecule is CCCCS(=O)(=O)NC1CCCCC1CBr. The molecule has 0 saturated heterocycles. The van der Waals surface area contributed by atoms with Crippen molar-refractivity contribution >= 4 is 26.0 Å². The third-order valence-electron chi connectivity index (χ3n) is 3.20. The van der Waals surface area contributed by atoms with Crippen LogP contribution in [0.5, 0.6) is 0 Å². The smallest absolute Gasteiger partial charge is 0.211 e. The molecule has 5 heteroatoms. The van der Waals surface area contributed by atoms with Gasteiger partial charge in [0.1, 0.15) is 0 Å². The fourth-order valence-corrected chi connectivity index (χ4v) is 4.50. The van der Waals surface area contributed by atoms with Crippen molar-refractivity contribution in [2.45, 2.75) is 51.5 Å². The molecule has 0 aromatic carbocycles. The van der Waals surface area contributed by atoms with Gasteiger partial charge in [0.05, 0.1) is 5.75 Å². The number of hydrogen-bond acceptors (Lipinski definition) is 2. The molecule has 1 saturated carbocycles. The van der Waals surface area contributed by atoms with Crippen molar-refractivity contribution in [1.82, 2.24) is 4.72 Å². The number of alkyl halides is 1. The predicted octanol–water partition coefficient (Wildman–Crippen LogP) is 2.66. The van der Waals surface area contributed by atoms with Crippen LogP contribution >= 0.6 is 15.9 Å². The van der Waals surface area contributed by atoms with Crippen LogP contribution in [0.25, 0.3) is 0 Å². The van der Waals surface area contributed by atoms with Gasteiger partial charge in [0.2, 0.25) is 10.0 Å². The quantitative estimate of drug-likeness (QED) is 0.767. The highest BCUT2D eigenvalue weighted by Gasteiger charge is 2.27. The predicted molar refractivity (Wildman–Crippen MR) is 71.4 cm³/mol. The Morgan fingerprint density at radius 1 is 1.31 bits per heavy atom. The van der Waals surface area contributed by atoms with Gasteiger partial charge < -0.3 is 0 Å². The molecule has 2 unspecified atom stereocenters. The van der Waals surface area contributed by atoms with Crippen molar-refractivity contribution in [3.05, 3.63) is 0 Å². The zero-order chi connectivity index (χ0) is 12.0. The van der Waals surface area contributed by atoms with Crippen LogP contribution in [0.2, 0.25) is 0 Å². The van der Waals surface area contributed by atoms with E-state index >= 15 is 0 Å². The van der Waals surface area contributed by atoms with Crippen molar-refractivity contribution in [2.75, 3.05) is 11.1 Å². The second-order valence-corrected chi connectivity index (χ2v) is 7.12. The number of unbranched alkanes of at least 4 members (excludes halogenated alkanes) is 1. The summed E-state index contributed by atoms with van der Waals surface area (Å²) in [5, 5.41) is 0.897. The Hall–Kier alpha value is 0.390. The molecule has 1 aliphatic carbocycles. The Balaban J connectivity index is 2.50. The molecule has 0 amide bonds. The summed E-state index contributed by atoms with van der Waals surface area (Å²) in [6, 6.07) is 0.148. The van der Waals surface area contributed by atoms with Gasteiger partial charge in [0.25, 0.3) is 0 Å². The Morgan fingerprint density at radius 3 is 2.62 bits per heavy atom. The molecule has 1 fully saturated rings. The molecule has 0 aromatic heterocycles. The minimum absolute atomic E-state index is 0.148. The van der Waals surface area contributed by atoms with Crippen molar-refractivity contribution in [1.29, 1.82) is 0 Å². The lowest BCUT2D eigenvalue weighted by molar-refractivity contribution is 0.316. The van der Waals surface area contributed by atoms with Crippen molar-refractivity contribution in [3.63, 3.8) is 0 Å². The van der Waals surface area contributed by atoms with E-state index in [9.17, 15) is 8.42 Å². The summed E-state index contributed by atoms with van der Waals surface area (Å²) in [6.45, 7) is 2.01. The highest BCUT2D eigenvalue weighted by atomic mass is 79.9. The van der Waals surface area contributed by atoms with Crippen LogP contribution in [-0.2, 0) is 10.0 Å². The molecule has 0 aliphatic heterocycles. The summed E-state index contributed by atoms with van der Waals surface area (Å²) in [5.41, 5.74) is 0. The van der Waals surface area contributed by atoms with E-state index in [0.717, 1.165) is 37.4 Å². The molecular formula is C11H22BrNO2S. The fraction of sp³-hybridized carbons (Fsp3) is 1.00. The van der Waals surface area contributed by atoms with Gasteiger partial charge >= 0.3 is 0 Å². The van der Waals surface area contributed by atoms with Crippen LogP contribution in [0.4, 0.5) is 0 Å². The topological polar surface area (TPSA) is 46.2 Å². The Labute approximate surface area is 108 Å². The molecule has 0 heterocycles. The Bertz CT molecular complexity index is 292. The third-order valence-corrected chi connectivity index (χ3v) is 5.52. The number of hydrogen-bond donors (Lipinski definition) is 1. The number of sulfonamides is 1. The van der Waals surface area contributed by atoms with E-state index in [1.54, 1.807) is 0 Å². The molecule has 3 nitrogen and oxygen atoms in total. The standard InChI is InChI=1S/C11H22BrNO2S/c1-2-3-8-16(14,15)13-11-7-5-4-6-10(11)9-12/h10-11,13H,2-9H2,1H3. The van der Waals surface area contributed by atoms with Gasteiger partial charge in [-0.2, -0.15) is 0 Å². The molecule has 96 valence electrons. The molecule has 0 spiro atoms. The summed E-state index contributed by atoms with van der Waals surface area (Å²) in [7, 11) is -3.06. The van der Waals surface area contributed by atoms with Crippen LogP contribution in [0.15, 0.2) is 0 Å². The normalized spacial score (nSPS) is 26.9. The minimum Gasteiger partial charge on any atom is -0.212 e. The lowest BCUT2D eigenvalue weighted by Crippen LogP contribution is -2.43. The van der Waals surface area contributed by atoms with E-state index in [-0.39, 0.29) is 11.8 Å². The maximum atomic E-state index is 11.8. The molecule has 0 bridgehead atoms. The third kappa shape index (κ3) is 4.72. The van der Waals surface area contributed by atoms with E-state index in [1.807, 2.05) is 6.92 Å². The van der Waals surface area contributed by atoms with Gasteiger partial charge in [-0.1, -0.05) is 42.1 Å². The van der Waals surface area contributed by atoms with Gasteiger partial charge in [-0.3, -0.25) is 0 Å². The summed E-state index contributed by atoms with van der Waals surface area (Å²) in [6.07, 6.45) is 6.16. The molecule has 1 rings (SSSR count). The second kappa shape index (κ2) is 6.97. The highest BCUT2D eigenvalue weighted by Crippen LogP contribution is 2.26. The lowest BCUT2D eigenvalue weighted by Gasteiger charge is -2.30. The van der Waals surface area contributed by atoms with Crippen molar-refractivity contribution in [2.24, 2.45) is 5.92 Å². The number of nitrogens with one attached hydrogen (secondary N) is 1. The highest BCUT2D eigenvalue weighted by molar-refractivity contribution is 9.09.